The Morgan fingerprint density at radius 2 is 2.00 bits per heavy atom. The predicted molar refractivity (Wildman–Crippen MR) is 118 cm³/mol. The summed E-state index contributed by atoms with van der Waals surface area (Å²) in [6.07, 6.45) is 10.3. The van der Waals surface area contributed by atoms with Crippen LogP contribution in [0.5, 0.6) is 0 Å². The van der Waals surface area contributed by atoms with Crippen LogP contribution < -0.4 is 5.69 Å². The molecule has 3 aromatic rings. The SMILES string of the molecule is Cc1c(C(=O)N2CC[C@@H](n3c(=O)n(CC4CCCCC4)c4cccnc43)C2)cnn1C. The summed E-state index contributed by atoms with van der Waals surface area (Å²) in [6.45, 7) is 3.82. The molecule has 8 nitrogen and oxygen atoms in total. The summed E-state index contributed by atoms with van der Waals surface area (Å²) in [4.78, 5) is 33.0. The van der Waals surface area contributed by atoms with Crippen molar-refractivity contribution in [3.8, 4) is 0 Å². The van der Waals surface area contributed by atoms with Crippen molar-refractivity contribution in [1.29, 1.82) is 0 Å². The van der Waals surface area contributed by atoms with Crippen molar-refractivity contribution in [3.05, 3.63) is 46.3 Å². The van der Waals surface area contributed by atoms with E-state index in [1.54, 1.807) is 17.1 Å². The number of fused-ring (bicyclic) bond motifs is 1. The Bertz CT molecular complexity index is 1170. The van der Waals surface area contributed by atoms with E-state index in [0.717, 1.165) is 29.8 Å². The zero-order valence-electron chi connectivity index (χ0n) is 18.3. The summed E-state index contributed by atoms with van der Waals surface area (Å²) < 4.78 is 5.48. The number of likely N-dealkylation sites (tertiary alicyclic amines) is 1. The monoisotopic (exact) mass is 422 g/mol. The van der Waals surface area contributed by atoms with Gasteiger partial charge in [0.25, 0.3) is 5.91 Å². The van der Waals surface area contributed by atoms with E-state index in [1.165, 1.54) is 32.1 Å². The number of rotatable bonds is 4. The Labute approximate surface area is 181 Å². The molecule has 2 aliphatic rings. The molecule has 1 aliphatic carbocycles. The Morgan fingerprint density at radius 3 is 2.74 bits per heavy atom. The lowest BCUT2D eigenvalue weighted by molar-refractivity contribution is 0.0787. The highest BCUT2D eigenvalue weighted by atomic mass is 16.2. The van der Waals surface area contributed by atoms with Crippen molar-refractivity contribution in [2.75, 3.05) is 13.1 Å². The second kappa shape index (κ2) is 7.98. The van der Waals surface area contributed by atoms with Gasteiger partial charge >= 0.3 is 5.69 Å². The molecule has 1 atom stereocenters. The highest BCUT2D eigenvalue weighted by Gasteiger charge is 2.32. The molecule has 0 radical (unpaired) electrons. The smallest absolute Gasteiger partial charge is 0.330 e. The Morgan fingerprint density at radius 1 is 1.19 bits per heavy atom. The van der Waals surface area contributed by atoms with Crippen molar-refractivity contribution in [2.24, 2.45) is 13.0 Å². The van der Waals surface area contributed by atoms with E-state index in [1.807, 2.05) is 40.1 Å². The topological polar surface area (TPSA) is 78.0 Å². The number of hydrogen-bond acceptors (Lipinski definition) is 4. The van der Waals surface area contributed by atoms with E-state index < -0.39 is 0 Å². The van der Waals surface area contributed by atoms with Crippen LogP contribution in [0, 0.1) is 12.8 Å². The number of pyridine rings is 1. The van der Waals surface area contributed by atoms with Gasteiger partial charge in [0, 0.05) is 38.6 Å². The molecule has 164 valence electrons. The molecule has 0 unspecified atom stereocenters. The van der Waals surface area contributed by atoms with Crippen LogP contribution in [-0.4, -0.2) is 47.8 Å². The van der Waals surface area contributed by atoms with Gasteiger partial charge in [-0.05, 0) is 44.2 Å². The molecule has 8 heteroatoms. The van der Waals surface area contributed by atoms with E-state index in [0.29, 0.717) is 24.6 Å². The lowest BCUT2D eigenvalue weighted by atomic mass is 9.89. The first kappa shape index (κ1) is 20.0. The number of carbonyl (C=O) groups excluding carboxylic acids is 1. The van der Waals surface area contributed by atoms with Gasteiger partial charge < -0.3 is 4.90 Å². The summed E-state index contributed by atoms with van der Waals surface area (Å²) in [5.74, 6) is 0.543. The summed E-state index contributed by atoms with van der Waals surface area (Å²) in [7, 11) is 1.84. The first-order valence-corrected chi connectivity index (χ1v) is 11.4. The van der Waals surface area contributed by atoms with Gasteiger partial charge in [-0.3, -0.25) is 18.6 Å². The van der Waals surface area contributed by atoms with Crippen molar-refractivity contribution in [2.45, 2.75) is 58.0 Å². The van der Waals surface area contributed by atoms with Gasteiger partial charge in [0.2, 0.25) is 0 Å². The van der Waals surface area contributed by atoms with Crippen molar-refractivity contribution in [3.63, 3.8) is 0 Å². The fourth-order valence-corrected chi connectivity index (χ4v) is 5.26. The van der Waals surface area contributed by atoms with Crippen molar-refractivity contribution >= 4 is 17.1 Å². The first-order chi connectivity index (χ1) is 15.0. The average molecular weight is 423 g/mol. The summed E-state index contributed by atoms with van der Waals surface area (Å²) in [5.41, 5.74) is 3.15. The molecule has 0 aromatic carbocycles. The largest absolute Gasteiger partial charge is 0.336 e. The number of amides is 1. The molecule has 0 spiro atoms. The standard InChI is InChI=1S/C23H30N6O2/c1-16-19(13-25-26(16)2)22(30)27-12-10-18(15-27)29-21-20(9-6-11-24-21)28(23(29)31)14-17-7-4-3-5-8-17/h6,9,11,13,17-18H,3-5,7-8,10,12,14-15H2,1-2H3/t18-/m1/s1. The third kappa shape index (κ3) is 3.47. The zero-order valence-corrected chi connectivity index (χ0v) is 18.3. The van der Waals surface area contributed by atoms with Crippen LogP contribution in [-0.2, 0) is 13.6 Å². The average Bonchev–Trinajstić information content (AvgIpc) is 3.47. The van der Waals surface area contributed by atoms with Crippen LogP contribution in [0.4, 0.5) is 0 Å². The molecule has 0 bridgehead atoms. The quantitative estimate of drug-likeness (QED) is 0.648. The number of aryl methyl sites for hydroxylation is 1. The second-order valence-electron chi connectivity index (χ2n) is 9.07. The van der Waals surface area contributed by atoms with E-state index in [-0.39, 0.29) is 17.6 Å². The normalized spacial score (nSPS) is 20.1. The summed E-state index contributed by atoms with van der Waals surface area (Å²) in [6, 6.07) is 3.84. The first-order valence-electron chi connectivity index (χ1n) is 11.4. The van der Waals surface area contributed by atoms with Gasteiger partial charge in [-0.2, -0.15) is 5.10 Å². The number of imidazole rings is 1. The fraction of sp³-hybridized carbons (Fsp3) is 0.565. The molecule has 31 heavy (non-hydrogen) atoms. The van der Waals surface area contributed by atoms with E-state index in [4.69, 9.17) is 0 Å². The molecule has 5 rings (SSSR count). The molecule has 1 saturated carbocycles. The Kier molecular flexibility index (Phi) is 5.16. The second-order valence-corrected chi connectivity index (χ2v) is 9.07. The third-order valence-electron chi connectivity index (χ3n) is 7.17. The zero-order chi connectivity index (χ0) is 21.5. The Balaban J connectivity index is 1.44. The van der Waals surface area contributed by atoms with Crippen LogP contribution in [0.3, 0.4) is 0 Å². The van der Waals surface area contributed by atoms with Crippen LogP contribution in [0.2, 0.25) is 0 Å². The maximum absolute atomic E-state index is 13.5. The number of nitrogens with zero attached hydrogens (tertiary/aromatic N) is 6. The lowest BCUT2D eigenvalue weighted by Gasteiger charge is -2.21. The number of hydrogen-bond donors (Lipinski definition) is 0. The minimum atomic E-state index is -0.0570. The molecule has 4 heterocycles. The predicted octanol–water partition coefficient (Wildman–Crippen LogP) is 2.91. The van der Waals surface area contributed by atoms with Gasteiger partial charge in [-0.1, -0.05) is 19.3 Å². The molecule has 1 saturated heterocycles. The van der Waals surface area contributed by atoms with Crippen molar-refractivity contribution in [1.82, 2.24) is 28.8 Å². The molecule has 0 N–H and O–H groups in total. The highest BCUT2D eigenvalue weighted by molar-refractivity contribution is 5.95. The maximum Gasteiger partial charge on any atom is 0.330 e. The summed E-state index contributed by atoms with van der Waals surface area (Å²) in [5, 5.41) is 4.20. The van der Waals surface area contributed by atoms with Crippen LogP contribution in [0.15, 0.2) is 29.3 Å². The highest BCUT2D eigenvalue weighted by Crippen LogP contribution is 2.28. The third-order valence-corrected chi connectivity index (χ3v) is 7.17. The van der Waals surface area contributed by atoms with Gasteiger partial charge in [-0.25, -0.2) is 9.78 Å². The Hall–Kier alpha value is -2.90. The minimum absolute atomic E-state index is 0.0103. The van der Waals surface area contributed by atoms with E-state index in [2.05, 4.69) is 10.1 Å². The molecular weight excluding hydrogens is 392 g/mol. The molecule has 1 aliphatic heterocycles. The maximum atomic E-state index is 13.5. The van der Waals surface area contributed by atoms with Crippen molar-refractivity contribution < 1.29 is 4.79 Å². The van der Waals surface area contributed by atoms with Gasteiger partial charge in [0.15, 0.2) is 5.65 Å². The van der Waals surface area contributed by atoms with E-state index in [9.17, 15) is 9.59 Å². The van der Waals surface area contributed by atoms with Gasteiger partial charge in [0.05, 0.1) is 23.3 Å². The van der Waals surface area contributed by atoms with Crippen LogP contribution in [0.1, 0.15) is 60.6 Å². The molecule has 3 aromatic heterocycles. The van der Waals surface area contributed by atoms with Gasteiger partial charge in [0.1, 0.15) is 0 Å². The molecular formula is C23H30N6O2. The number of aromatic nitrogens is 5. The van der Waals surface area contributed by atoms with Crippen LogP contribution in [0.25, 0.3) is 11.2 Å². The number of carbonyl (C=O) groups is 1. The van der Waals surface area contributed by atoms with E-state index >= 15 is 0 Å². The lowest BCUT2D eigenvalue weighted by Crippen LogP contribution is -2.33. The summed E-state index contributed by atoms with van der Waals surface area (Å²) >= 11 is 0. The fourth-order valence-electron chi connectivity index (χ4n) is 5.26. The molecule has 1 amide bonds. The minimum Gasteiger partial charge on any atom is -0.336 e. The van der Waals surface area contributed by atoms with Crippen LogP contribution >= 0.6 is 0 Å². The molecule has 2 fully saturated rings. The van der Waals surface area contributed by atoms with Gasteiger partial charge in [-0.15, -0.1) is 0 Å².